The Hall–Kier alpha value is -1.55. The number of amidine groups is 1. The summed E-state index contributed by atoms with van der Waals surface area (Å²) in [6.45, 7) is 2.33. The van der Waals surface area contributed by atoms with Crippen LogP contribution in [0.2, 0.25) is 0 Å². The second-order valence-electron chi connectivity index (χ2n) is 6.15. The Morgan fingerprint density at radius 3 is 2.71 bits per heavy atom. The largest absolute Gasteiger partial charge is 0.409 e. The molecule has 0 amide bonds. The van der Waals surface area contributed by atoms with Crippen LogP contribution in [0, 0.1) is 5.92 Å². The fraction of sp³-hybridized carbons (Fsp3) is 0.588. The quantitative estimate of drug-likeness (QED) is 0.256. The minimum absolute atomic E-state index is 0.104. The summed E-state index contributed by atoms with van der Waals surface area (Å²) in [7, 11) is 0. The highest BCUT2D eigenvalue weighted by Crippen LogP contribution is 2.26. The fourth-order valence-corrected chi connectivity index (χ4v) is 3.21. The second-order valence-corrected chi connectivity index (χ2v) is 6.15. The molecule has 2 rings (SSSR count). The van der Waals surface area contributed by atoms with Crippen molar-refractivity contribution in [3.63, 3.8) is 0 Å². The smallest absolute Gasteiger partial charge is 0.141 e. The lowest BCUT2D eigenvalue weighted by atomic mass is 9.94. The number of hydrogen-bond donors (Lipinski definition) is 3. The molecule has 3 unspecified atom stereocenters. The summed E-state index contributed by atoms with van der Waals surface area (Å²) in [5.74, 6) is 0.948. The highest BCUT2D eigenvalue weighted by Gasteiger charge is 2.24. The Morgan fingerprint density at radius 2 is 2.00 bits per heavy atom. The summed E-state index contributed by atoms with van der Waals surface area (Å²) in [5.41, 5.74) is 6.94. The molecule has 3 atom stereocenters. The zero-order valence-corrected chi connectivity index (χ0v) is 12.8. The minimum atomic E-state index is 0.104. The van der Waals surface area contributed by atoms with Gasteiger partial charge in [0.15, 0.2) is 0 Å². The molecule has 1 aromatic rings. The summed E-state index contributed by atoms with van der Waals surface area (Å²) >= 11 is 0. The van der Waals surface area contributed by atoms with E-state index in [0.29, 0.717) is 18.4 Å². The van der Waals surface area contributed by atoms with Crippen LogP contribution < -0.4 is 11.1 Å². The number of nitrogens with zero attached hydrogens (tertiary/aromatic N) is 1. The number of benzene rings is 1. The van der Waals surface area contributed by atoms with Crippen LogP contribution in [0.5, 0.6) is 0 Å². The molecule has 1 aromatic carbocycles. The average molecular weight is 289 g/mol. The number of nitrogens with two attached hydrogens (primary N) is 1. The fourth-order valence-electron chi connectivity index (χ4n) is 3.21. The molecule has 0 radical (unpaired) electrons. The number of nitrogens with one attached hydrogen (secondary N) is 1. The Morgan fingerprint density at radius 1 is 1.29 bits per heavy atom. The maximum atomic E-state index is 8.87. The SMILES string of the molecule is CC1CCCCCC1NC(CC(N)=NO)c1ccccc1. The van der Waals surface area contributed by atoms with Crippen LogP contribution in [0.15, 0.2) is 35.5 Å². The first-order valence-corrected chi connectivity index (χ1v) is 7.98. The molecule has 116 valence electrons. The molecule has 4 nitrogen and oxygen atoms in total. The first-order valence-electron chi connectivity index (χ1n) is 7.98. The van der Waals surface area contributed by atoms with Crippen LogP contribution in [0.1, 0.15) is 57.1 Å². The molecule has 1 aliphatic rings. The van der Waals surface area contributed by atoms with E-state index in [4.69, 9.17) is 10.9 Å². The summed E-state index contributed by atoms with van der Waals surface area (Å²) in [6, 6.07) is 10.9. The third-order valence-electron chi connectivity index (χ3n) is 4.52. The molecule has 1 fully saturated rings. The molecule has 0 aromatic heterocycles. The highest BCUT2D eigenvalue weighted by atomic mass is 16.4. The molecular weight excluding hydrogens is 262 g/mol. The monoisotopic (exact) mass is 289 g/mol. The van der Waals surface area contributed by atoms with Crippen LogP contribution in [0.25, 0.3) is 0 Å². The third kappa shape index (κ3) is 4.74. The van der Waals surface area contributed by atoms with Crippen LogP contribution in [-0.4, -0.2) is 17.1 Å². The zero-order valence-electron chi connectivity index (χ0n) is 12.8. The topological polar surface area (TPSA) is 70.6 Å². The van der Waals surface area contributed by atoms with E-state index in [9.17, 15) is 0 Å². The lowest BCUT2D eigenvalue weighted by Crippen LogP contribution is -2.38. The predicted molar refractivity (Wildman–Crippen MR) is 86.4 cm³/mol. The van der Waals surface area contributed by atoms with Gasteiger partial charge in [-0.2, -0.15) is 0 Å². The van der Waals surface area contributed by atoms with E-state index in [0.717, 1.165) is 0 Å². The van der Waals surface area contributed by atoms with Crippen LogP contribution >= 0.6 is 0 Å². The number of oxime groups is 1. The second kappa shape index (κ2) is 8.03. The first kappa shape index (κ1) is 15.8. The summed E-state index contributed by atoms with van der Waals surface area (Å²) in [4.78, 5) is 0. The van der Waals surface area contributed by atoms with E-state index < -0.39 is 0 Å². The molecule has 1 aliphatic carbocycles. The standard InChI is InChI=1S/C17H27N3O/c1-13-8-4-2-7-11-15(13)19-16(12-17(18)20-21)14-9-5-3-6-10-14/h3,5-6,9-10,13,15-16,19,21H,2,4,7-8,11-12H2,1H3,(H2,18,20). The van der Waals surface area contributed by atoms with Gasteiger partial charge in [0, 0.05) is 18.5 Å². The summed E-state index contributed by atoms with van der Waals surface area (Å²) < 4.78 is 0. The van der Waals surface area contributed by atoms with Crippen LogP contribution in [0.4, 0.5) is 0 Å². The molecule has 1 saturated carbocycles. The Labute approximate surface area is 127 Å². The van der Waals surface area contributed by atoms with Gasteiger partial charge in [-0.05, 0) is 24.3 Å². The molecule has 0 saturated heterocycles. The summed E-state index contributed by atoms with van der Waals surface area (Å²) in [5, 5.41) is 15.8. The van der Waals surface area contributed by atoms with Crippen LogP contribution in [-0.2, 0) is 0 Å². The molecule has 0 spiro atoms. The Balaban J connectivity index is 2.11. The van der Waals surface area contributed by atoms with Crippen molar-refractivity contribution < 1.29 is 5.21 Å². The van der Waals surface area contributed by atoms with Gasteiger partial charge in [0.05, 0.1) is 0 Å². The lowest BCUT2D eigenvalue weighted by Gasteiger charge is -2.29. The van der Waals surface area contributed by atoms with Gasteiger partial charge in [-0.25, -0.2) is 0 Å². The Bertz CT molecular complexity index is 447. The summed E-state index contributed by atoms with van der Waals surface area (Å²) in [6.07, 6.45) is 6.97. The van der Waals surface area contributed by atoms with Gasteiger partial charge in [0.25, 0.3) is 0 Å². The number of rotatable bonds is 5. The van der Waals surface area contributed by atoms with Gasteiger partial charge in [0.1, 0.15) is 5.84 Å². The van der Waals surface area contributed by atoms with E-state index in [1.54, 1.807) is 0 Å². The van der Waals surface area contributed by atoms with Crippen molar-refractivity contribution in [1.29, 1.82) is 0 Å². The van der Waals surface area contributed by atoms with Gasteiger partial charge in [-0.3, -0.25) is 0 Å². The lowest BCUT2D eigenvalue weighted by molar-refractivity contribution is 0.308. The van der Waals surface area contributed by atoms with Crippen LogP contribution in [0.3, 0.4) is 0 Å². The van der Waals surface area contributed by atoms with Gasteiger partial charge in [-0.15, -0.1) is 0 Å². The van der Waals surface area contributed by atoms with Crippen molar-refractivity contribution >= 4 is 5.84 Å². The van der Waals surface area contributed by atoms with Gasteiger partial charge in [-0.1, -0.05) is 61.7 Å². The molecule has 0 bridgehead atoms. The van der Waals surface area contributed by atoms with E-state index >= 15 is 0 Å². The molecule has 4 N–H and O–H groups in total. The zero-order chi connectivity index (χ0) is 15.1. The van der Waals surface area contributed by atoms with E-state index in [1.807, 2.05) is 18.2 Å². The van der Waals surface area contributed by atoms with Crippen molar-refractivity contribution in [3.05, 3.63) is 35.9 Å². The van der Waals surface area contributed by atoms with E-state index in [-0.39, 0.29) is 11.9 Å². The minimum Gasteiger partial charge on any atom is -0.409 e. The van der Waals surface area contributed by atoms with Crippen molar-refractivity contribution in [2.75, 3.05) is 0 Å². The molecule has 0 heterocycles. The third-order valence-corrected chi connectivity index (χ3v) is 4.52. The molecule has 4 heteroatoms. The van der Waals surface area contributed by atoms with Crippen molar-refractivity contribution in [2.45, 2.75) is 57.5 Å². The van der Waals surface area contributed by atoms with Gasteiger partial charge < -0.3 is 16.3 Å². The van der Waals surface area contributed by atoms with Gasteiger partial charge in [0.2, 0.25) is 0 Å². The maximum Gasteiger partial charge on any atom is 0.141 e. The van der Waals surface area contributed by atoms with E-state index in [1.165, 1.54) is 37.7 Å². The predicted octanol–water partition coefficient (Wildman–Crippen LogP) is 3.42. The van der Waals surface area contributed by atoms with Gasteiger partial charge >= 0.3 is 0 Å². The van der Waals surface area contributed by atoms with E-state index in [2.05, 4.69) is 29.5 Å². The number of hydrogen-bond acceptors (Lipinski definition) is 3. The van der Waals surface area contributed by atoms with Crippen molar-refractivity contribution in [2.24, 2.45) is 16.8 Å². The first-order chi connectivity index (χ1) is 10.2. The molecule has 21 heavy (non-hydrogen) atoms. The molecular formula is C17H27N3O. The normalized spacial score (nSPS) is 25.3. The Kier molecular flexibility index (Phi) is 6.05. The van der Waals surface area contributed by atoms with Crippen molar-refractivity contribution in [3.8, 4) is 0 Å². The average Bonchev–Trinajstić information content (AvgIpc) is 2.72. The van der Waals surface area contributed by atoms with Crippen molar-refractivity contribution in [1.82, 2.24) is 5.32 Å². The maximum absolute atomic E-state index is 8.87. The highest BCUT2D eigenvalue weighted by molar-refractivity contribution is 5.80. The molecule has 0 aliphatic heterocycles.